The van der Waals surface area contributed by atoms with Crippen LogP contribution < -0.4 is 14.8 Å². The van der Waals surface area contributed by atoms with Gasteiger partial charge in [-0.05, 0) is 42.0 Å². The predicted octanol–water partition coefficient (Wildman–Crippen LogP) is 4.88. The van der Waals surface area contributed by atoms with Crippen molar-refractivity contribution in [2.24, 2.45) is 0 Å². The first-order valence-electron chi connectivity index (χ1n) is 9.53. The highest BCUT2D eigenvalue weighted by atomic mass is 16.5. The molecule has 0 aliphatic rings. The third kappa shape index (κ3) is 6.21. The number of ether oxygens (including phenoxy) is 2. The van der Waals surface area contributed by atoms with Crippen molar-refractivity contribution in [2.45, 2.75) is 19.8 Å². The summed E-state index contributed by atoms with van der Waals surface area (Å²) in [6, 6.07) is 23.7. The number of rotatable bonds is 8. The second-order valence-corrected chi connectivity index (χ2v) is 6.43. The molecule has 0 saturated heterocycles. The maximum Gasteiger partial charge on any atom is 0.343 e. The van der Waals surface area contributed by atoms with Crippen molar-refractivity contribution in [3.05, 3.63) is 90.0 Å². The van der Waals surface area contributed by atoms with Gasteiger partial charge < -0.3 is 14.8 Å². The summed E-state index contributed by atoms with van der Waals surface area (Å²) in [5.74, 6) is 0.491. The molecule has 5 nitrogen and oxygen atoms in total. The zero-order valence-corrected chi connectivity index (χ0v) is 16.3. The van der Waals surface area contributed by atoms with E-state index in [9.17, 15) is 9.59 Å². The van der Waals surface area contributed by atoms with Gasteiger partial charge >= 0.3 is 5.97 Å². The first-order valence-corrected chi connectivity index (χ1v) is 9.53. The van der Waals surface area contributed by atoms with Crippen LogP contribution in [-0.4, -0.2) is 18.5 Å². The van der Waals surface area contributed by atoms with Crippen molar-refractivity contribution >= 4 is 17.6 Å². The molecule has 0 fully saturated rings. The molecule has 0 heterocycles. The van der Waals surface area contributed by atoms with E-state index in [1.807, 2.05) is 18.2 Å². The fourth-order valence-corrected chi connectivity index (χ4v) is 2.67. The maximum absolute atomic E-state index is 12.4. The third-order valence-electron chi connectivity index (χ3n) is 4.24. The molecule has 0 radical (unpaired) electrons. The molecule has 148 valence electrons. The standard InChI is InChI=1S/C24H23NO4/c1-2-23(26)25-20-9-6-10-22(17-20)29-24(27)19-11-13-21(14-12-19)28-16-15-18-7-4-3-5-8-18/h3-14,17H,2,15-16H2,1H3,(H,25,26). The molecule has 3 rings (SSSR count). The van der Waals surface area contributed by atoms with Crippen LogP contribution in [0.4, 0.5) is 5.69 Å². The number of nitrogens with one attached hydrogen (secondary N) is 1. The molecule has 1 N–H and O–H groups in total. The first kappa shape index (κ1) is 20.1. The van der Waals surface area contributed by atoms with Crippen LogP contribution in [0, 0.1) is 0 Å². The van der Waals surface area contributed by atoms with Crippen LogP contribution in [-0.2, 0) is 11.2 Å². The van der Waals surface area contributed by atoms with Gasteiger partial charge in [-0.25, -0.2) is 4.79 Å². The van der Waals surface area contributed by atoms with Crippen LogP contribution in [0.3, 0.4) is 0 Å². The summed E-state index contributed by atoms with van der Waals surface area (Å²) < 4.78 is 11.1. The molecule has 0 aromatic heterocycles. The monoisotopic (exact) mass is 389 g/mol. The van der Waals surface area contributed by atoms with Gasteiger partial charge in [0.25, 0.3) is 0 Å². The van der Waals surface area contributed by atoms with Gasteiger partial charge in [-0.1, -0.05) is 43.3 Å². The highest BCUT2D eigenvalue weighted by Crippen LogP contribution is 2.20. The van der Waals surface area contributed by atoms with Crippen LogP contribution >= 0.6 is 0 Å². The Kier molecular flexibility index (Phi) is 7.00. The molecule has 0 spiro atoms. The van der Waals surface area contributed by atoms with Gasteiger partial charge in [0, 0.05) is 24.6 Å². The Morgan fingerprint density at radius 1 is 0.862 bits per heavy atom. The Morgan fingerprint density at radius 3 is 2.34 bits per heavy atom. The molecular formula is C24H23NO4. The summed E-state index contributed by atoms with van der Waals surface area (Å²) in [4.78, 5) is 23.9. The molecule has 3 aromatic rings. The highest BCUT2D eigenvalue weighted by Gasteiger charge is 2.10. The minimum Gasteiger partial charge on any atom is -0.493 e. The molecule has 0 bridgehead atoms. The topological polar surface area (TPSA) is 64.6 Å². The van der Waals surface area contributed by atoms with E-state index in [0.717, 1.165) is 6.42 Å². The van der Waals surface area contributed by atoms with Gasteiger partial charge in [-0.3, -0.25) is 4.79 Å². The van der Waals surface area contributed by atoms with Crippen LogP contribution in [0.2, 0.25) is 0 Å². The largest absolute Gasteiger partial charge is 0.493 e. The predicted molar refractivity (Wildman–Crippen MR) is 112 cm³/mol. The van der Waals surface area contributed by atoms with Crippen LogP contribution in [0.1, 0.15) is 29.3 Å². The van der Waals surface area contributed by atoms with Crippen molar-refractivity contribution in [1.82, 2.24) is 0 Å². The highest BCUT2D eigenvalue weighted by molar-refractivity contribution is 5.92. The Balaban J connectivity index is 1.53. The van der Waals surface area contributed by atoms with E-state index in [4.69, 9.17) is 9.47 Å². The zero-order valence-electron chi connectivity index (χ0n) is 16.3. The van der Waals surface area contributed by atoms with Crippen molar-refractivity contribution < 1.29 is 19.1 Å². The minimum atomic E-state index is -0.472. The lowest BCUT2D eigenvalue weighted by Gasteiger charge is -2.09. The van der Waals surface area contributed by atoms with E-state index >= 15 is 0 Å². The molecule has 0 atom stereocenters. The van der Waals surface area contributed by atoms with Crippen molar-refractivity contribution in [2.75, 3.05) is 11.9 Å². The lowest BCUT2D eigenvalue weighted by Crippen LogP contribution is -2.11. The second-order valence-electron chi connectivity index (χ2n) is 6.43. The summed E-state index contributed by atoms with van der Waals surface area (Å²) >= 11 is 0. The van der Waals surface area contributed by atoms with Crippen LogP contribution in [0.15, 0.2) is 78.9 Å². The first-order chi connectivity index (χ1) is 14.1. The molecule has 0 saturated carbocycles. The van der Waals surface area contributed by atoms with Crippen LogP contribution in [0.25, 0.3) is 0 Å². The number of carbonyl (C=O) groups is 2. The number of hydrogen-bond acceptors (Lipinski definition) is 4. The van der Waals surface area contributed by atoms with Gasteiger partial charge in [-0.15, -0.1) is 0 Å². The van der Waals surface area contributed by atoms with Crippen LogP contribution in [0.5, 0.6) is 11.5 Å². The van der Waals surface area contributed by atoms with E-state index < -0.39 is 5.97 Å². The smallest absolute Gasteiger partial charge is 0.343 e. The van der Waals surface area contributed by atoms with Gasteiger partial charge in [-0.2, -0.15) is 0 Å². The number of benzene rings is 3. The molecule has 1 amide bonds. The number of amides is 1. The summed E-state index contributed by atoms with van der Waals surface area (Å²) in [6.45, 7) is 2.33. The second kappa shape index (κ2) is 10.1. The summed E-state index contributed by atoms with van der Waals surface area (Å²) in [5, 5.41) is 2.74. The van der Waals surface area contributed by atoms with Gasteiger partial charge in [0.2, 0.25) is 5.91 Å². The van der Waals surface area contributed by atoms with Crippen molar-refractivity contribution in [1.29, 1.82) is 0 Å². The van der Waals surface area contributed by atoms with E-state index in [2.05, 4.69) is 17.4 Å². The molecule has 5 heteroatoms. The fourth-order valence-electron chi connectivity index (χ4n) is 2.67. The van der Waals surface area contributed by atoms with Gasteiger partial charge in [0.15, 0.2) is 0 Å². The summed E-state index contributed by atoms with van der Waals surface area (Å²) in [6.07, 6.45) is 1.19. The van der Waals surface area contributed by atoms with Gasteiger partial charge in [0.1, 0.15) is 11.5 Å². The van der Waals surface area contributed by atoms with Gasteiger partial charge in [0.05, 0.1) is 12.2 Å². The van der Waals surface area contributed by atoms with E-state index in [1.54, 1.807) is 55.5 Å². The summed E-state index contributed by atoms with van der Waals surface area (Å²) in [7, 11) is 0. The average Bonchev–Trinajstić information content (AvgIpc) is 2.75. The molecule has 0 aliphatic carbocycles. The molecule has 3 aromatic carbocycles. The van der Waals surface area contributed by atoms with Crippen molar-refractivity contribution in [3.8, 4) is 11.5 Å². The minimum absolute atomic E-state index is 0.101. The van der Waals surface area contributed by atoms with E-state index in [1.165, 1.54) is 5.56 Å². The molecule has 29 heavy (non-hydrogen) atoms. The number of anilines is 1. The third-order valence-corrected chi connectivity index (χ3v) is 4.24. The lowest BCUT2D eigenvalue weighted by molar-refractivity contribution is -0.115. The lowest BCUT2D eigenvalue weighted by atomic mass is 10.2. The number of carbonyl (C=O) groups excluding carboxylic acids is 2. The van der Waals surface area contributed by atoms with E-state index in [0.29, 0.717) is 35.8 Å². The van der Waals surface area contributed by atoms with Crippen molar-refractivity contribution in [3.63, 3.8) is 0 Å². The number of esters is 1. The Morgan fingerprint density at radius 2 is 1.62 bits per heavy atom. The molecule has 0 aliphatic heterocycles. The molecule has 0 unspecified atom stereocenters. The SMILES string of the molecule is CCC(=O)Nc1cccc(OC(=O)c2ccc(OCCc3ccccc3)cc2)c1. The van der Waals surface area contributed by atoms with E-state index in [-0.39, 0.29) is 5.91 Å². The molecular weight excluding hydrogens is 366 g/mol. The Bertz CT molecular complexity index is 952. The average molecular weight is 389 g/mol. The summed E-state index contributed by atoms with van der Waals surface area (Å²) in [5.41, 5.74) is 2.22. The Hall–Kier alpha value is -3.60. The zero-order chi connectivity index (χ0) is 20.5. The fraction of sp³-hybridized carbons (Fsp3) is 0.167. The maximum atomic E-state index is 12.4. The quantitative estimate of drug-likeness (QED) is 0.441. The Labute approximate surface area is 170 Å². The number of hydrogen-bond donors (Lipinski definition) is 1. The normalized spacial score (nSPS) is 10.2.